The zero-order valence-electron chi connectivity index (χ0n) is 6.48. The largest absolute Gasteiger partial charge is 0.223 e. The third-order valence-corrected chi connectivity index (χ3v) is 2.45. The van der Waals surface area contributed by atoms with Gasteiger partial charge < -0.3 is 0 Å². The molecule has 0 aliphatic rings. The molecule has 0 N–H and O–H groups in total. The Balaban J connectivity index is 2.53. The summed E-state index contributed by atoms with van der Waals surface area (Å²) in [5.74, 6) is 0. The molecule has 13 heavy (non-hydrogen) atoms. The van der Waals surface area contributed by atoms with E-state index in [1.807, 2.05) is 18.2 Å². The smallest absolute Gasteiger partial charge is 0.138 e. The predicted octanol–water partition coefficient (Wildman–Crippen LogP) is 2.79. The summed E-state index contributed by atoms with van der Waals surface area (Å²) in [4.78, 5) is 3.88. The quantitative estimate of drug-likeness (QED) is 0.811. The van der Waals surface area contributed by atoms with E-state index in [0.29, 0.717) is 0 Å². The number of rotatable bonds is 1. The highest BCUT2D eigenvalue weighted by Gasteiger charge is 1.99. The molecule has 2 rings (SSSR count). The number of aromatic nitrogens is 3. The molecule has 0 radical (unpaired) electrons. The summed E-state index contributed by atoms with van der Waals surface area (Å²) < 4.78 is 3.72. The van der Waals surface area contributed by atoms with Crippen LogP contribution in [0.2, 0.25) is 0 Å². The monoisotopic (exact) mass is 301 g/mol. The fraction of sp³-hybridized carbons (Fsp3) is 0. The van der Waals surface area contributed by atoms with Crippen LogP contribution in [0.25, 0.3) is 5.69 Å². The Morgan fingerprint density at radius 2 is 1.77 bits per heavy atom. The van der Waals surface area contributed by atoms with E-state index in [4.69, 9.17) is 0 Å². The second-order valence-electron chi connectivity index (χ2n) is 2.47. The molecule has 66 valence electrons. The van der Waals surface area contributed by atoms with E-state index in [0.717, 1.165) is 14.6 Å². The zero-order valence-corrected chi connectivity index (χ0v) is 9.66. The van der Waals surface area contributed by atoms with Crippen molar-refractivity contribution in [3.8, 4) is 5.69 Å². The maximum atomic E-state index is 4.03. The number of hydrogen-bond acceptors (Lipinski definition) is 2. The second kappa shape index (κ2) is 3.59. The van der Waals surface area contributed by atoms with E-state index >= 15 is 0 Å². The molecule has 2 aromatic rings. The highest BCUT2D eigenvalue weighted by molar-refractivity contribution is 9.11. The SMILES string of the molecule is Brc1cc(Br)cc(-n2cncn2)c1. The summed E-state index contributed by atoms with van der Waals surface area (Å²) in [6.07, 6.45) is 3.17. The van der Waals surface area contributed by atoms with Crippen molar-refractivity contribution < 1.29 is 0 Å². The van der Waals surface area contributed by atoms with Gasteiger partial charge in [-0.05, 0) is 18.2 Å². The highest BCUT2D eigenvalue weighted by atomic mass is 79.9. The van der Waals surface area contributed by atoms with Gasteiger partial charge in [-0.2, -0.15) is 5.10 Å². The first-order chi connectivity index (χ1) is 6.25. The fourth-order valence-electron chi connectivity index (χ4n) is 1.01. The Kier molecular flexibility index (Phi) is 2.46. The van der Waals surface area contributed by atoms with Crippen LogP contribution in [0.5, 0.6) is 0 Å². The van der Waals surface area contributed by atoms with E-state index in [2.05, 4.69) is 41.9 Å². The first-order valence-corrected chi connectivity index (χ1v) is 5.15. The first kappa shape index (κ1) is 8.90. The van der Waals surface area contributed by atoms with Crippen LogP contribution in [0.1, 0.15) is 0 Å². The van der Waals surface area contributed by atoms with Gasteiger partial charge >= 0.3 is 0 Å². The second-order valence-corrected chi connectivity index (χ2v) is 4.30. The summed E-state index contributed by atoms with van der Waals surface area (Å²) in [7, 11) is 0. The third kappa shape index (κ3) is 1.97. The molecule has 1 aromatic carbocycles. The van der Waals surface area contributed by atoms with Gasteiger partial charge in [0, 0.05) is 8.95 Å². The lowest BCUT2D eigenvalue weighted by Crippen LogP contribution is -1.93. The lowest BCUT2D eigenvalue weighted by atomic mass is 10.3. The number of benzene rings is 1. The first-order valence-electron chi connectivity index (χ1n) is 3.57. The summed E-state index contributed by atoms with van der Waals surface area (Å²) in [6, 6.07) is 5.92. The molecule has 1 heterocycles. The van der Waals surface area contributed by atoms with Crippen molar-refractivity contribution in [3.05, 3.63) is 39.8 Å². The summed E-state index contributed by atoms with van der Waals surface area (Å²) in [5.41, 5.74) is 0.971. The minimum Gasteiger partial charge on any atom is -0.223 e. The highest BCUT2D eigenvalue weighted by Crippen LogP contribution is 2.21. The van der Waals surface area contributed by atoms with Gasteiger partial charge in [0.25, 0.3) is 0 Å². The fourth-order valence-corrected chi connectivity index (χ4v) is 2.28. The molecule has 5 heteroatoms. The van der Waals surface area contributed by atoms with Gasteiger partial charge in [0.05, 0.1) is 5.69 Å². The van der Waals surface area contributed by atoms with Crippen LogP contribution in [-0.4, -0.2) is 14.8 Å². The molecule has 3 nitrogen and oxygen atoms in total. The minimum atomic E-state index is 0.971. The van der Waals surface area contributed by atoms with Crippen molar-refractivity contribution in [2.24, 2.45) is 0 Å². The minimum absolute atomic E-state index is 0.971. The lowest BCUT2D eigenvalue weighted by molar-refractivity contribution is 0.877. The average Bonchev–Trinajstić information content (AvgIpc) is 2.53. The van der Waals surface area contributed by atoms with Crippen molar-refractivity contribution in [3.63, 3.8) is 0 Å². The average molecular weight is 303 g/mol. The number of nitrogens with zero attached hydrogens (tertiary/aromatic N) is 3. The van der Waals surface area contributed by atoms with Gasteiger partial charge in [0.15, 0.2) is 0 Å². The van der Waals surface area contributed by atoms with Gasteiger partial charge in [-0.1, -0.05) is 31.9 Å². The third-order valence-electron chi connectivity index (χ3n) is 1.53. The van der Waals surface area contributed by atoms with E-state index in [1.165, 1.54) is 6.33 Å². The lowest BCUT2D eigenvalue weighted by Gasteiger charge is -2.01. The van der Waals surface area contributed by atoms with Gasteiger partial charge in [0.1, 0.15) is 12.7 Å². The molecule has 0 spiro atoms. The Morgan fingerprint density at radius 1 is 1.08 bits per heavy atom. The van der Waals surface area contributed by atoms with Crippen molar-refractivity contribution in [2.45, 2.75) is 0 Å². The van der Waals surface area contributed by atoms with Crippen molar-refractivity contribution in [1.82, 2.24) is 14.8 Å². The number of hydrogen-bond donors (Lipinski definition) is 0. The van der Waals surface area contributed by atoms with Crippen LogP contribution < -0.4 is 0 Å². The van der Waals surface area contributed by atoms with Crippen LogP contribution in [0.3, 0.4) is 0 Å². The molecule has 0 aliphatic carbocycles. The Hall–Kier alpha value is -0.680. The van der Waals surface area contributed by atoms with Crippen LogP contribution >= 0.6 is 31.9 Å². The van der Waals surface area contributed by atoms with E-state index in [-0.39, 0.29) is 0 Å². The molecule has 0 atom stereocenters. The van der Waals surface area contributed by atoms with Crippen LogP contribution in [-0.2, 0) is 0 Å². The molecule has 1 aromatic heterocycles. The van der Waals surface area contributed by atoms with Gasteiger partial charge in [-0.15, -0.1) is 0 Å². The van der Waals surface area contributed by atoms with Crippen molar-refractivity contribution >= 4 is 31.9 Å². The van der Waals surface area contributed by atoms with Crippen molar-refractivity contribution in [2.75, 3.05) is 0 Å². The molecule has 0 aliphatic heterocycles. The molecule has 0 bridgehead atoms. The normalized spacial score (nSPS) is 10.3. The van der Waals surface area contributed by atoms with Crippen molar-refractivity contribution in [1.29, 1.82) is 0 Å². The molecule has 0 amide bonds. The van der Waals surface area contributed by atoms with Gasteiger partial charge in [-0.3, -0.25) is 0 Å². The Labute approximate surface area is 92.1 Å². The predicted molar refractivity (Wildman–Crippen MR) is 56.8 cm³/mol. The Morgan fingerprint density at radius 3 is 2.31 bits per heavy atom. The topological polar surface area (TPSA) is 30.7 Å². The maximum absolute atomic E-state index is 4.03. The number of halogens is 2. The van der Waals surface area contributed by atoms with Crippen LogP contribution in [0.4, 0.5) is 0 Å². The molecule has 0 fully saturated rings. The zero-order chi connectivity index (χ0) is 9.26. The Bertz CT molecular complexity index is 391. The van der Waals surface area contributed by atoms with Crippen LogP contribution in [0, 0.1) is 0 Å². The summed E-state index contributed by atoms with van der Waals surface area (Å²) in [5, 5.41) is 4.03. The van der Waals surface area contributed by atoms with E-state index in [1.54, 1.807) is 11.0 Å². The molecule has 0 saturated heterocycles. The standard InChI is InChI=1S/C8H5Br2N3/c9-6-1-7(10)3-8(2-6)13-5-11-4-12-13/h1-5H. The molecule has 0 saturated carbocycles. The van der Waals surface area contributed by atoms with Gasteiger partial charge in [0.2, 0.25) is 0 Å². The summed E-state index contributed by atoms with van der Waals surface area (Å²) >= 11 is 6.81. The van der Waals surface area contributed by atoms with E-state index < -0.39 is 0 Å². The van der Waals surface area contributed by atoms with Crippen LogP contribution in [0.15, 0.2) is 39.8 Å². The molecular weight excluding hydrogens is 298 g/mol. The molecule has 0 unspecified atom stereocenters. The molecular formula is C8H5Br2N3. The summed E-state index contributed by atoms with van der Waals surface area (Å²) in [6.45, 7) is 0. The maximum Gasteiger partial charge on any atom is 0.138 e. The van der Waals surface area contributed by atoms with E-state index in [9.17, 15) is 0 Å². The van der Waals surface area contributed by atoms with Gasteiger partial charge in [-0.25, -0.2) is 9.67 Å².